The van der Waals surface area contributed by atoms with Gasteiger partial charge in [0.2, 0.25) is 0 Å². The number of hydrogen-bond acceptors (Lipinski definition) is 1. The normalized spacial score (nSPS) is 24.0. The minimum atomic E-state index is 0.343. The van der Waals surface area contributed by atoms with E-state index in [1.165, 1.54) is 17.1 Å². The summed E-state index contributed by atoms with van der Waals surface area (Å²) >= 11 is 2.04. The van der Waals surface area contributed by atoms with Crippen molar-refractivity contribution in [2.75, 3.05) is 11.5 Å². The molecule has 0 radical (unpaired) electrons. The van der Waals surface area contributed by atoms with E-state index in [2.05, 4.69) is 56.2 Å². The van der Waals surface area contributed by atoms with E-state index in [-0.39, 0.29) is 0 Å². The molecule has 0 aliphatic carbocycles. The first-order valence-electron chi connectivity index (χ1n) is 6.31. The lowest BCUT2D eigenvalue weighted by Gasteiger charge is -2.15. The molecule has 0 N–H and O–H groups in total. The van der Waals surface area contributed by atoms with E-state index in [1.54, 1.807) is 6.08 Å². The van der Waals surface area contributed by atoms with Crippen LogP contribution in [0.25, 0.3) is 0 Å². The smallest absolute Gasteiger partial charge is 0.0636 e. The van der Waals surface area contributed by atoms with Crippen molar-refractivity contribution in [3.05, 3.63) is 60.8 Å². The molecular formula is C16H22S2. The van der Waals surface area contributed by atoms with Gasteiger partial charge in [-0.2, -0.15) is 10.5 Å². The van der Waals surface area contributed by atoms with Crippen LogP contribution in [-0.4, -0.2) is 21.5 Å². The lowest BCUT2D eigenvalue weighted by Crippen LogP contribution is -1.98. The molecule has 0 bridgehead atoms. The molecule has 98 valence electrons. The predicted molar refractivity (Wildman–Crippen MR) is 91.8 cm³/mol. The van der Waals surface area contributed by atoms with Crippen molar-refractivity contribution in [1.29, 1.82) is 0 Å². The van der Waals surface area contributed by atoms with Gasteiger partial charge in [0.15, 0.2) is 0 Å². The standard InChI is InChI=1S/C16H22S2/c1-4-7-8-9-11-15-12-10-13-16(17-5-2)18(6-3)14-15/h4,7-14,16H,1,5-6H2,2-3H3/b8-7-,11-9+. The zero-order chi connectivity index (χ0) is 13.2. The Kier molecular flexibility index (Phi) is 7.86. The van der Waals surface area contributed by atoms with E-state index >= 15 is 0 Å². The van der Waals surface area contributed by atoms with Gasteiger partial charge in [-0.25, -0.2) is 0 Å². The molecule has 2 heteroatoms. The number of allylic oxidation sites excluding steroid dienone is 8. The largest absolute Gasteiger partial charge is 0.168 e. The summed E-state index contributed by atoms with van der Waals surface area (Å²) in [4.78, 5) is 0. The van der Waals surface area contributed by atoms with E-state index in [9.17, 15) is 0 Å². The van der Waals surface area contributed by atoms with Crippen LogP contribution < -0.4 is 0 Å². The van der Waals surface area contributed by atoms with Gasteiger partial charge in [0.05, 0.1) is 4.58 Å². The molecule has 2 unspecified atom stereocenters. The van der Waals surface area contributed by atoms with E-state index < -0.39 is 0 Å². The van der Waals surface area contributed by atoms with Gasteiger partial charge in [-0.05, 0) is 22.4 Å². The first kappa shape index (κ1) is 15.3. The molecule has 1 aliphatic heterocycles. The Hall–Kier alpha value is -0.730. The van der Waals surface area contributed by atoms with Crippen LogP contribution in [0.3, 0.4) is 0 Å². The molecule has 0 aromatic heterocycles. The third kappa shape index (κ3) is 5.28. The molecular weight excluding hydrogens is 256 g/mol. The van der Waals surface area contributed by atoms with Crippen molar-refractivity contribution in [2.24, 2.45) is 0 Å². The second kappa shape index (κ2) is 9.23. The molecule has 0 fully saturated rings. The Morgan fingerprint density at radius 3 is 2.83 bits per heavy atom. The molecule has 18 heavy (non-hydrogen) atoms. The minimum Gasteiger partial charge on any atom is -0.168 e. The summed E-state index contributed by atoms with van der Waals surface area (Å²) in [6.45, 7) is 8.17. The highest BCUT2D eigenvalue weighted by Gasteiger charge is 2.09. The van der Waals surface area contributed by atoms with Crippen molar-refractivity contribution in [3.63, 3.8) is 0 Å². The molecule has 0 saturated heterocycles. The van der Waals surface area contributed by atoms with Crippen LogP contribution in [0.15, 0.2) is 60.8 Å². The van der Waals surface area contributed by atoms with Crippen LogP contribution in [0.5, 0.6) is 0 Å². The summed E-state index contributed by atoms with van der Waals surface area (Å²) in [5.74, 6) is 2.40. The Balaban J connectivity index is 2.82. The maximum Gasteiger partial charge on any atom is 0.0636 e. The molecule has 2 atom stereocenters. The summed E-state index contributed by atoms with van der Waals surface area (Å²) < 4.78 is 0.644. The summed E-state index contributed by atoms with van der Waals surface area (Å²) in [7, 11) is 0.343. The van der Waals surface area contributed by atoms with Crippen molar-refractivity contribution in [1.82, 2.24) is 0 Å². The SMILES string of the molecule is C=C/C=C\C=C\C1=CC=CC(SCC)S(CC)=C1. The maximum atomic E-state index is 3.66. The average Bonchev–Trinajstić information content (AvgIpc) is 2.57. The van der Waals surface area contributed by atoms with E-state index in [0.29, 0.717) is 15.1 Å². The van der Waals surface area contributed by atoms with Gasteiger partial charge in [-0.15, -0.1) is 11.8 Å². The first-order valence-corrected chi connectivity index (χ1v) is 8.88. The topological polar surface area (TPSA) is 0 Å². The zero-order valence-electron chi connectivity index (χ0n) is 11.2. The van der Waals surface area contributed by atoms with Crippen LogP contribution in [0.4, 0.5) is 0 Å². The fourth-order valence-electron chi connectivity index (χ4n) is 1.60. The highest BCUT2D eigenvalue weighted by Crippen LogP contribution is 2.33. The minimum absolute atomic E-state index is 0.343. The summed E-state index contributed by atoms with van der Waals surface area (Å²) in [5.41, 5.74) is 1.31. The van der Waals surface area contributed by atoms with Crippen LogP contribution in [-0.2, 0) is 0 Å². The third-order valence-corrected chi connectivity index (χ3v) is 6.42. The molecule has 0 saturated carbocycles. The second-order valence-corrected chi connectivity index (χ2v) is 7.71. The lowest BCUT2D eigenvalue weighted by molar-refractivity contribution is 1.47. The second-order valence-electron chi connectivity index (χ2n) is 3.73. The molecule has 0 aromatic rings. The maximum absolute atomic E-state index is 3.66. The predicted octanol–water partition coefficient (Wildman–Crippen LogP) is 4.95. The van der Waals surface area contributed by atoms with Crippen LogP contribution in [0.2, 0.25) is 0 Å². The fourth-order valence-corrected chi connectivity index (χ4v) is 5.24. The molecule has 0 spiro atoms. The first-order chi connectivity index (χ1) is 8.81. The third-order valence-electron chi connectivity index (χ3n) is 2.45. The number of rotatable bonds is 6. The highest BCUT2D eigenvalue weighted by atomic mass is 32.2. The Labute approximate surface area is 118 Å². The summed E-state index contributed by atoms with van der Waals surface area (Å²) in [6.07, 6.45) is 16.7. The van der Waals surface area contributed by atoms with E-state index in [1.807, 2.05) is 23.9 Å². The summed E-state index contributed by atoms with van der Waals surface area (Å²) in [5, 5.41) is 2.42. The van der Waals surface area contributed by atoms with E-state index in [4.69, 9.17) is 0 Å². The Bertz CT molecular complexity index is 409. The molecule has 0 aromatic carbocycles. The molecule has 0 nitrogen and oxygen atoms in total. The van der Waals surface area contributed by atoms with Crippen molar-refractivity contribution < 1.29 is 0 Å². The molecule has 1 aliphatic rings. The van der Waals surface area contributed by atoms with Gasteiger partial charge in [0.25, 0.3) is 0 Å². The highest BCUT2D eigenvalue weighted by molar-refractivity contribution is 8.26. The summed E-state index contributed by atoms with van der Waals surface area (Å²) in [6, 6.07) is 0. The van der Waals surface area contributed by atoms with Crippen LogP contribution >= 0.6 is 22.2 Å². The number of thioether (sulfide) groups is 1. The van der Waals surface area contributed by atoms with Gasteiger partial charge < -0.3 is 0 Å². The molecule has 1 heterocycles. The molecule has 1 rings (SSSR count). The fraction of sp³-hybridized carbons (Fsp3) is 0.312. The van der Waals surface area contributed by atoms with Crippen LogP contribution in [0.1, 0.15) is 13.8 Å². The Morgan fingerprint density at radius 2 is 2.17 bits per heavy atom. The van der Waals surface area contributed by atoms with Gasteiger partial charge in [-0.3, -0.25) is 0 Å². The average molecular weight is 278 g/mol. The van der Waals surface area contributed by atoms with Gasteiger partial charge in [-0.1, -0.05) is 69.0 Å². The van der Waals surface area contributed by atoms with Crippen molar-refractivity contribution >= 4 is 27.6 Å². The van der Waals surface area contributed by atoms with Gasteiger partial charge in [0, 0.05) is 0 Å². The van der Waals surface area contributed by atoms with Gasteiger partial charge >= 0.3 is 0 Å². The zero-order valence-corrected chi connectivity index (χ0v) is 12.8. The monoisotopic (exact) mass is 278 g/mol. The molecule has 0 amide bonds. The number of hydrogen-bond donors (Lipinski definition) is 0. The van der Waals surface area contributed by atoms with Crippen LogP contribution in [0, 0.1) is 0 Å². The van der Waals surface area contributed by atoms with Crippen molar-refractivity contribution in [3.8, 4) is 0 Å². The quantitative estimate of drug-likeness (QED) is 0.489. The van der Waals surface area contributed by atoms with Gasteiger partial charge in [0.1, 0.15) is 0 Å². The Morgan fingerprint density at radius 1 is 1.33 bits per heavy atom. The lowest BCUT2D eigenvalue weighted by atomic mass is 10.2. The van der Waals surface area contributed by atoms with E-state index in [0.717, 1.165) is 0 Å². The van der Waals surface area contributed by atoms with Crippen molar-refractivity contribution in [2.45, 2.75) is 18.4 Å².